The normalized spacial score (nSPS) is 13.9. The summed E-state index contributed by atoms with van der Waals surface area (Å²) >= 11 is 5.58. The maximum absolute atomic E-state index is 13.2. The number of benzene rings is 2. The minimum absolute atomic E-state index is 0.222. The van der Waals surface area contributed by atoms with E-state index in [1.165, 1.54) is 19.1 Å². The van der Waals surface area contributed by atoms with Gasteiger partial charge in [0.05, 0.1) is 10.5 Å². The average Bonchev–Trinajstić information content (AvgIpc) is 2.53. The van der Waals surface area contributed by atoms with Crippen molar-refractivity contribution in [2.45, 2.75) is 24.0 Å². The van der Waals surface area contributed by atoms with Crippen molar-refractivity contribution in [2.75, 3.05) is 7.05 Å². The van der Waals surface area contributed by atoms with E-state index in [0.717, 1.165) is 35.6 Å². The second kappa shape index (κ2) is 6.93. The molecule has 0 aliphatic heterocycles. The third-order valence-corrected chi connectivity index (χ3v) is 6.02. The Labute approximate surface area is 147 Å². The van der Waals surface area contributed by atoms with Crippen LogP contribution in [0.15, 0.2) is 47.4 Å². The van der Waals surface area contributed by atoms with Crippen molar-refractivity contribution >= 4 is 21.6 Å². The molecule has 1 unspecified atom stereocenters. The van der Waals surface area contributed by atoms with E-state index < -0.39 is 38.5 Å². The molecule has 0 fully saturated rings. The Morgan fingerprint density at radius 1 is 1.08 bits per heavy atom. The van der Waals surface area contributed by atoms with Crippen LogP contribution in [0, 0.1) is 5.82 Å². The van der Waals surface area contributed by atoms with Gasteiger partial charge in [-0.2, -0.15) is 17.5 Å². The van der Waals surface area contributed by atoms with E-state index in [2.05, 4.69) is 0 Å². The highest BCUT2D eigenvalue weighted by atomic mass is 35.5. The fourth-order valence-corrected chi connectivity index (χ4v) is 3.98. The number of hydrogen-bond donors (Lipinski definition) is 0. The van der Waals surface area contributed by atoms with Crippen molar-refractivity contribution in [1.82, 2.24) is 4.31 Å². The van der Waals surface area contributed by atoms with Crippen LogP contribution in [0.25, 0.3) is 0 Å². The molecule has 0 amide bonds. The van der Waals surface area contributed by atoms with E-state index in [0.29, 0.717) is 11.6 Å². The second-order valence-corrected chi connectivity index (χ2v) is 7.79. The molecule has 136 valence electrons. The van der Waals surface area contributed by atoms with Crippen molar-refractivity contribution in [1.29, 1.82) is 0 Å². The number of rotatable bonds is 4. The lowest BCUT2D eigenvalue weighted by Gasteiger charge is -2.26. The van der Waals surface area contributed by atoms with Gasteiger partial charge in [0.2, 0.25) is 10.0 Å². The van der Waals surface area contributed by atoms with Gasteiger partial charge in [-0.3, -0.25) is 0 Å². The van der Waals surface area contributed by atoms with Crippen LogP contribution >= 0.6 is 11.6 Å². The number of sulfonamides is 1. The third-order valence-electron chi connectivity index (χ3n) is 3.80. The molecule has 0 bridgehead atoms. The van der Waals surface area contributed by atoms with Gasteiger partial charge in [0.25, 0.3) is 0 Å². The molecule has 2 aromatic carbocycles. The quantitative estimate of drug-likeness (QED) is 0.692. The smallest absolute Gasteiger partial charge is 0.207 e. The molecular weight excluding hydrogens is 382 g/mol. The van der Waals surface area contributed by atoms with E-state index in [4.69, 9.17) is 11.6 Å². The first-order chi connectivity index (χ1) is 11.4. The van der Waals surface area contributed by atoms with E-state index in [1.807, 2.05) is 0 Å². The number of alkyl halides is 3. The van der Waals surface area contributed by atoms with Crippen molar-refractivity contribution < 1.29 is 26.0 Å². The van der Waals surface area contributed by atoms with Gasteiger partial charge in [-0.15, -0.1) is 0 Å². The van der Waals surface area contributed by atoms with Crippen LogP contribution in [0.5, 0.6) is 0 Å². The summed E-state index contributed by atoms with van der Waals surface area (Å²) in [6.07, 6.45) is -4.88. The Morgan fingerprint density at radius 2 is 1.64 bits per heavy atom. The Hall–Kier alpha value is -1.64. The highest BCUT2D eigenvalue weighted by Crippen LogP contribution is 2.38. The Morgan fingerprint density at radius 3 is 2.16 bits per heavy atom. The molecule has 9 heteroatoms. The first kappa shape index (κ1) is 19.7. The van der Waals surface area contributed by atoms with Gasteiger partial charge in [-0.05, 0) is 42.8 Å². The molecule has 1 atom stereocenters. The molecular formula is C16H14ClF4NO2S. The second-order valence-electron chi connectivity index (χ2n) is 5.39. The van der Waals surface area contributed by atoms with Crippen LogP contribution in [0.4, 0.5) is 17.6 Å². The fraction of sp³-hybridized carbons (Fsp3) is 0.250. The maximum atomic E-state index is 13.2. The molecule has 3 nitrogen and oxygen atoms in total. The molecule has 2 aromatic rings. The largest absolute Gasteiger partial charge is 0.417 e. The summed E-state index contributed by atoms with van der Waals surface area (Å²) in [5, 5.41) is -0.222. The number of halogens is 5. The molecule has 0 aliphatic rings. The van der Waals surface area contributed by atoms with Crippen LogP contribution < -0.4 is 0 Å². The summed E-state index contributed by atoms with van der Waals surface area (Å²) in [5.74, 6) is -0.501. The standard InChI is InChI=1S/C16H14ClF4NO2S/c1-10(11-3-6-13(18)7-4-11)22(2)25(23,24)15-8-5-12(17)9-14(15)16(19,20)21/h3-10H,1-2H3. The first-order valence-electron chi connectivity index (χ1n) is 7.05. The van der Waals surface area contributed by atoms with Crippen molar-refractivity contribution in [2.24, 2.45) is 0 Å². The average molecular weight is 396 g/mol. The van der Waals surface area contributed by atoms with E-state index in [1.54, 1.807) is 0 Å². The summed E-state index contributed by atoms with van der Waals surface area (Å²) in [6.45, 7) is 1.49. The predicted octanol–water partition coefficient (Wildman–Crippen LogP) is 4.88. The summed E-state index contributed by atoms with van der Waals surface area (Å²) in [7, 11) is -3.30. The minimum atomic E-state index is -4.88. The first-order valence-corrected chi connectivity index (χ1v) is 8.86. The lowest BCUT2D eigenvalue weighted by Crippen LogP contribution is -2.31. The molecule has 0 saturated carbocycles. The summed E-state index contributed by atoms with van der Waals surface area (Å²) in [6, 6.07) is 6.73. The van der Waals surface area contributed by atoms with Crippen LogP contribution in [-0.4, -0.2) is 19.8 Å². The van der Waals surface area contributed by atoms with Crippen molar-refractivity contribution in [3.63, 3.8) is 0 Å². The van der Waals surface area contributed by atoms with Gasteiger partial charge in [-0.25, -0.2) is 12.8 Å². The molecule has 0 saturated heterocycles. The molecule has 0 heterocycles. The zero-order valence-electron chi connectivity index (χ0n) is 13.2. The lowest BCUT2D eigenvalue weighted by molar-refractivity contribution is -0.139. The fourth-order valence-electron chi connectivity index (χ4n) is 2.26. The zero-order chi connectivity index (χ0) is 19.0. The van der Waals surface area contributed by atoms with Gasteiger partial charge in [0.15, 0.2) is 0 Å². The van der Waals surface area contributed by atoms with Gasteiger partial charge in [-0.1, -0.05) is 23.7 Å². The van der Waals surface area contributed by atoms with Gasteiger partial charge in [0, 0.05) is 18.1 Å². The van der Waals surface area contributed by atoms with Crippen molar-refractivity contribution in [3.05, 3.63) is 64.4 Å². The molecule has 0 N–H and O–H groups in total. The molecule has 25 heavy (non-hydrogen) atoms. The van der Waals surface area contributed by atoms with E-state index >= 15 is 0 Å². The molecule has 0 aliphatic carbocycles. The van der Waals surface area contributed by atoms with Crippen LogP contribution in [-0.2, 0) is 16.2 Å². The third kappa shape index (κ3) is 4.13. The van der Waals surface area contributed by atoms with Gasteiger partial charge in [0.1, 0.15) is 5.82 Å². The molecule has 0 radical (unpaired) electrons. The Balaban J connectivity index is 2.49. The highest BCUT2D eigenvalue weighted by Gasteiger charge is 2.39. The Kier molecular flexibility index (Phi) is 5.46. The minimum Gasteiger partial charge on any atom is -0.207 e. The number of nitrogens with zero attached hydrogens (tertiary/aromatic N) is 1. The molecule has 0 spiro atoms. The Bertz CT molecular complexity index is 867. The van der Waals surface area contributed by atoms with Crippen LogP contribution in [0.1, 0.15) is 24.1 Å². The monoisotopic (exact) mass is 395 g/mol. The summed E-state index contributed by atoms with van der Waals surface area (Å²) in [4.78, 5) is -0.888. The van der Waals surface area contributed by atoms with Crippen molar-refractivity contribution in [3.8, 4) is 0 Å². The highest BCUT2D eigenvalue weighted by molar-refractivity contribution is 7.89. The summed E-state index contributed by atoms with van der Waals surface area (Å²) < 4.78 is 78.8. The van der Waals surface area contributed by atoms with E-state index in [-0.39, 0.29) is 5.02 Å². The number of hydrogen-bond acceptors (Lipinski definition) is 2. The predicted molar refractivity (Wildman–Crippen MR) is 86.2 cm³/mol. The van der Waals surface area contributed by atoms with Crippen LogP contribution in [0.3, 0.4) is 0 Å². The SMILES string of the molecule is CC(c1ccc(F)cc1)N(C)S(=O)(=O)c1ccc(Cl)cc1C(F)(F)F. The molecule has 2 rings (SSSR count). The molecule has 0 aromatic heterocycles. The maximum Gasteiger partial charge on any atom is 0.417 e. The van der Waals surface area contributed by atoms with Crippen LogP contribution in [0.2, 0.25) is 5.02 Å². The van der Waals surface area contributed by atoms with Gasteiger partial charge < -0.3 is 0 Å². The topological polar surface area (TPSA) is 37.4 Å². The summed E-state index contributed by atoms with van der Waals surface area (Å²) in [5.41, 5.74) is -0.895. The lowest BCUT2D eigenvalue weighted by atomic mass is 10.1. The van der Waals surface area contributed by atoms with Gasteiger partial charge >= 0.3 is 6.18 Å². The zero-order valence-corrected chi connectivity index (χ0v) is 14.8. The van der Waals surface area contributed by atoms with E-state index in [9.17, 15) is 26.0 Å².